The van der Waals surface area contributed by atoms with Crippen molar-refractivity contribution >= 4 is 5.95 Å². The van der Waals surface area contributed by atoms with Crippen molar-refractivity contribution in [2.45, 2.75) is 33.4 Å². The molecule has 0 atom stereocenters. The van der Waals surface area contributed by atoms with Gasteiger partial charge in [-0.1, -0.05) is 0 Å². The minimum atomic E-state index is 0.255. The second-order valence-corrected chi connectivity index (χ2v) is 4.33. The van der Waals surface area contributed by atoms with Crippen molar-refractivity contribution in [3.05, 3.63) is 17.5 Å². The van der Waals surface area contributed by atoms with Gasteiger partial charge in [0.25, 0.3) is 0 Å². The molecule has 0 fully saturated rings. The van der Waals surface area contributed by atoms with E-state index in [9.17, 15) is 0 Å². The van der Waals surface area contributed by atoms with Crippen LogP contribution in [0.1, 0.15) is 25.1 Å². The van der Waals surface area contributed by atoms with E-state index in [1.54, 1.807) is 6.20 Å². The van der Waals surface area contributed by atoms with Gasteiger partial charge in [0.2, 0.25) is 5.95 Å². The van der Waals surface area contributed by atoms with Gasteiger partial charge in [-0.05, 0) is 20.8 Å². The van der Waals surface area contributed by atoms with Crippen LogP contribution < -0.4 is 10.6 Å². The molecule has 2 N–H and O–H groups in total. The predicted octanol–water partition coefficient (Wildman–Crippen LogP) is 1.10. The number of hydrogen-bond donors (Lipinski definition) is 1. The van der Waals surface area contributed by atoms with Crippen LogP contribution in [0.25, 0.3) is 0 Å². The van der Waals surface area contributed by atoms with Crippen LogP contribution in [0.5, 0.6) is 0 Å². The molecule has 1 heterocycles. The highest BCUT2D eigenvalue weighted by atomic mass is 16.5. The van der Waals surface area contributed by atoms with E-state index in [0.717, 1.165) is 17.8 Å². The molecule has 0 bridgehead atoms. The Balaban J connectivity index is 2.57. The highest BCUT2D eigenvalue weighted by molar-refractivity contribution is 5.31. The molecule has 0 aliphatic carbocycles. The van der Waals surface area contributed by atoms with Gasteiger partial charge in [-0.2, -0.15) is 0 Å². The molecule has 0 amide bonds. The third-order valence-corrected chi connectivity index (χ3v) is 2.51. The monoisotopic (exact) mass is 238 g/mol. The summed E-state index contributed by atoms with van der Waals surface area (Å²) in [4.78, 5) is 10.7. The topological polar surface area (TPSA) is 64.3 Å². The van der Waals surface area contributed by atoms with Crippen molar-refractivity contribution in [2.75, 3.05) is 25.1 Å². The van der Waals surface area contributed by atoms with E-state index < -0.39 is 0 Å². The Morgan fingerprint density at radius 2 is 2.18 bits per heavy atom. The molecule has 0 aliphatic rings. The fourth-order valence-electron chi connectivity index (χ4n) is 1.39. The summed E-state index contributed by atoms with van der Waals surface area (Å²) in [6.07, 6.45) is 2.04. The maximum atomic E-state index is 5.58. The van der Waals surface area contributed by atoms with Crippen LogP contribution in [0.3, 0.4) is 0 Å². The zero-order valence-corrected chi connectivity index (χ0v) is 11.1. The number of ether oxygens (including phenoxy) is 1. The quantitative estimate of drug-likeness (QED) is 0.804. The molecule has 1 rings (SSSR count). The van der Waals surface area contributed by atoms with Crippen molar-refractivity contribution < 1.29 is 4.74 Å². The van der Waals surface area contributed by atoms with Crippen molar-refractivity contribution in [2.24, 2.45) is 5.73 Å². The number of nitrogens with zero attached hydrogens (tertiary/aromatic N) is 3. The number of aromatic nitrogens is 2. The second-order valence-electron chi connectivity index (χ2n) is 4.33. The van der Waals surface area contributed by atoms with E-state index in [0.29, 0.717) is 19.1 Å². The fraction of sp³-hybridized carbons (Fsp3) is 0.667. The number of aryl methyl sites for hydroxylation is 1. The summed E-state index contributed by atoms with van der Waals surface area (Å²) in [5.74, 6) is 0.715. The molecule has 0 spiro atoms. The Morgan fingerprint density at radius 3 is 2.71 bits per heavy atom. The van der Waals surface area contributed by atoms with Crippen molar-refractivity contribution in [1.29, 1.82) is 0 Å². The molecule has 17 heavy (non-hydrogen) atoms. The van der Waals surface area contributed by atoms with Gasteiger partial charge < -0.3 is 15.4 Å². The third-order valence-electron chi connectivity index (χ3n) is 2.51. The van der Waals surface area contributed by atoms with Gasteiger partial charge in [0.15, 0.2) is 0 Å². The van der Waals surface area contributed by atoms with Crippen molar-refractivity contribution in [3.63, 3.8) is 0 Å². The van der Waals surface area contributed by atoms with Gasteiger partial charge in [0, 0.05) is 37.6 Å². The SMILES string of the molecule is Cc1nc(N(C)CCOC(C)C)ncc1CN. The molecule has 0 aromatic carbocycles. The predicted molar refractivity (Wildman–Crippen MR) is 69.0 cm³/mol. The molecule has 0 unspecified atom stereocenters. The van der Waals surface area contributed by atoms with Gasteiger partial charge in [0.05, 0.1) is 12.7 Å². The lowest BCUT2D eigenvalue weighted by atomic mass is 10.2. The number of rotatable bonds is 6. The molecule has 5 nitrogen and oxygen atoms in total. The maximum absolute atomic E-state index is 5.58. The Bertz CT molecular complexity index is 354. The molecule has 0 radical (unpaired) electrons. The molecule has 0 aliphatic heterocycles. The average Bonchev–Trinajstić information content (AvgIpc) is 2.28. The van der Waals surface area contributed by atoms with Crippen LogP contribution in [0.2, 0.25) is 0 Å². The Labute approximate surface area is 103 Å². The van der Waals surface area contributed by atoms with Crippen molar-refractivity contribution in [3.8, 4) is 0 Å². The van der Waals surface area contributed by atoms with Crippen LogP contribution in [0.15, 0.2) is 6.20 Å². The summed E-state index contributed by atoms with van der Waals surface area (Å²) in [5.41, 5.74) is 7.50. The fourth-order valence-corrected chi connectivity index (χ4v) is 1.39. The van der Waals surface area contributed by atoms with E-state index in [-0.39, 0.29) is 6.10 Å². The molecule has 1 aromatic rings. The molecule has 5 heteroatoms. The number of nitrogens with two attached hydrogens (primary N) is 1. The van der Waals surface area contributed by atoms with Gasteiger partial charge in [0.1, 0.15) is 0 Å². The van der Waals surface area contributed by atoms with Crippen LogP contribution >= 0.6 is 0 Å². The first-order valence-corrected chi connectivity index (χ1v) is 5.90. The zero-order valence-electron chi connectivity index (χ0n) is 11.1. The highest BCUT2D eigenvalue weighted by Gasteiger charge is 2.07. The Morgan fingerprint density at radius 1 is 1.47 bits per heavy atom. The lowest BCUT2D eigenvalue weighted by molar-refractivity contribution is 0.0844. The number of likely N-dealkylation sites (N-methyl/N-ethyl adjacent to an activating group) is 1. The van der Waals surface area contributed by atoms with Crippen LogP contribution in [0, 0.1) is 6.92 Å². The van der Waals surface area contributed by atoms with Gasteiger partial charge in [-0.3, -0.25) is 0 Å². The van der Waals surface area contributed by atoms with Crippen LogP contribution in [-0.4, -0.2) is 36.3 Å². The number of hydrogen-bond acceptors (Lipinski definition) is 5. The second kappa shape index (κ2) is 6.51. The van der Waals surface area contributed by atoms with E-state index in [1.807, 2.05) is 32.7 Å². The number of anilines is 1. The largest absolute Gasteiger partial charge is 0.377 e. The van der Waals surface area contributed by atoms with Gasteiger partial charge in [-0.15, -0.1) is 0 Å². The Kier molecular flexibility index (Phi) is 5.31. The minimum Gasteiger partial charge on any atom is -0.377 e. The lowest BCUT2D eigenvalue weighted by Gasteiger charge is -2.18. The molecule has 96 valence electrons. The standard InChI is InChI=1S/C12H22N4O/c1-9(2)17-6-5-16(4)12-14-8-11(7-13)10(3)15-12/h8-9H,5-7,13H2,1-4H3. The molecule has 0 saturated heterocycles. The molecular weight excluding hydrogens is 216 g/mol. The van der Waals surface area contributed by atoms with Gasteiger partial charge in [-0.25, -0.2) is 9.97 Å². The van der Waals surface area contributed by atoms with E-state index in [2.05, 4.69) is 9.97 Å². The summed E-state index contributed by atoms with van der Waals surface area (Å²) < 4.78 is 5.49. The first-order chi connectivity index (χ1) is 8.04. The normalized spacial score (nSPS) is 10.9. The highest BCUT2D eigenvalue weighted by Crippen LogP contribution is 2.09. The summed E-state index contributed by atoms with van der Waals surface area (Å²) >= 11 is 0. The van der Waals surface area contributed by atoms with E-state index in [4.69, 9.17) is 10.5 Å². The van der Waals surface area contributed by atoms with Crippen molar-refractivity contribution in [1.82, 2.24) is 9.97 Å². The summed E-state index contributed by atoms with van der Waals surface area (Å²) in [6.45, 7) is 7.93. The lowest BCUT2D eigenvalue weighted by Crippen LogP contribution is -2.26. The summed E-state index contributed by atoms with van der Waals surface area (Å²) in [6, 6.07) is 0. The average molecular weight is 238 g/mol. The first kappa shape index (κ1) is 13.9. The van der Waals surface area contributed by atoms with E-state index >= 15 is 0 Å². The first-order valence-electron chi connectivity index (χ1n) is 5.90. The zero-order chi connectivity index (χ0) is 12.8. The molecule has 0 saturated carbocycles. The van der Waals surface area contributed by atoms with E-state index in [1.165, 1.54) is 0 Å². The third kappa shape index (κ3) is 4.28. The molecule has 1 aromatic heterocycles. The van der Waals surface area contributed by atoms with Gasteiger partial charge >= 0.3 is 0 Å². The smallest absolute Gasteiger partial charge is 0.225 e. The molecular formula is C12H22N4O. The van der Waals surface area contributed by atoms with Crippen LogP contribution in [0.4, 0.5) is 5.95 Å². The Hall–Kier alpha value is -1.20. The summed E-state index contributed by atoms with van der Waals surface area (Å²) in [5, 5.41) is 0. The minimum absolute atomic E-state index is 0.255. The summed E-state index contributed by atoms with van der Waals surface area (Å²) in [7, 11) is 1.96. The maximum Gasteiger partial charge on any atom is 0.225 e. The van der Waals surface area contributed by atoms with Crippen LogP contribution in [-0.2, 0) is 11.3 Å².